The minimum absolute atomic E-state index is 0.00181. The third-order valence-corrected chi connectivity index (χ3v) is 5.03. The molecule has 0 saturated heterocycles. The molecular weight excluding hydrogens is 302 g/mol. The van der Waals surface area contributed by atoms with Crippen molar-refractivity contribution in [2.24, 2.45) is 0 Å². The van der Waals surface area contributed by atoms with Crippen LogP contribution in [0.4, 0.5) is 5.82 Å². The molecule has 0 aromatic carbocycles. The molecule has 2 fully saturated rings. The van der Waals surface area contributed by atoms with Crippen molar-refractivity contribution in [3.63, 3.8) is 0 Å². The number of aromatic nitrogens is 4. The van der Waals surface area contributed by atoms with Crippen molar-refractivity contribution in [2.45, 2.75) is 63.5 Å². The molecule has 0 atom stereocenters. The molecule has 2 saturated carbocycles. The Morgan fingerprint density at radius 3 is 2.54 bits per heavy atom. The van der Waals surface area contributed by atoms with Gasteiger partial charge in [0.15, 0.2) is 0 Å². The van der Waals surface area contributed by atoms with Gasteiger partial charge in [0.25, 0.3) is 5.56 Å². The maximum Gasteiger partial charge on any atom is 0.267 e. The van der Waals surface area contributed by atoms with Crippen molar-refractivity contribution in [3.8, 4) is 0 Å². The smallest absolute Gasteiger partial charge is 0.267 e. The quantitative estimate of drug-likeness (QED) is 0.936. The van der Waals surface area contributed by atoms with Crippen LogP contribution >= 0.6 is 0 Å². The number of nitrogens with zero attached hydrogens (tertiary/aromatic N) is 4. The summed E-state index contributed by atoms with van der Waals surface area (Å²) in [6, 6.07) is 4.00. The standard InChI is InChI=1S/C18H23N5O/c1-12-2-9-16(24)23(22-12)15-7-5-14(6-8-15)21-18-17(13-3-4-13)19-10-11-20-18/h2,9-11,13-15H,3-8H2,1H3,(H,20,21). The lowest BCUT2D eigenvalue weighted by molar-refractivity contribution is 0.302. The van der Waals surface area contributed by atoms with E-state index in [4.69, 9.17) is 0 Å². The Bertz CT molecular complexity index is 775. The van der Waals surface area contributed by atoms with Crippen LogP contribution in [-0.4, -0.2) is 25.8 Å². The van der Waals surface area contributed by atoms with Crippen LogP contribution in [0.25, 0.3) is 0 Å². The van der Waals surface area contributed by atoms with E-state index in [1.54, 1.807) is 29.2 Å². The average molecular weight is 325 g/mol. The van der Waals surface area contributed by atoms with E-state index in [1.807, 2.05) is 6.92 Å². The van der Waals surface area contributed by atoms with E-state index < -0.39 is 0 Å². The van der Waals surface area contributed by atoms with Gasteiger partial charge in [-0.25, -0.2) is 9.67 Å². The van der Waals surface area contributed by atoms with E-state index in [0.29, 0.717) is 12.0 Å². The average Bonchev–Trinajstić information content (AvgIpc) is 3.43. The van der Waals surface area contributed by atoms with Crippen molar-refractivity contribution in [1.82, 2.24) is 19.7 Å². The van der Waals surface area contributed by atoms with Gasteiger partial charge in [-0.05, 0) is 51.5 Å². The Morgan fingerprint density at radius 1 is 1.04 bits per heavy atom. The first-order valence-electron chi connectivity index (χ1n) is 8.84. The summed E-state index contributed by atoms with van der Waals surface area (Å²) in [7, 11) is 0. The highest BCUT2D eigenvalue weighted by Gasteiger charge is 2.30. The van der Waals surface area contributed by atoms with E-state index in [9.17, 15) is 4.79 Å². The molecule has 0 unspecified atom stereocenters. The maximum absolute atomic E-state index is 12.0. The third-order valence-electron chi connectivity index (χ3n) is 5.03. The lowest BCUT2D eigenvalue weighted by atomic mass is 9.91. The van der Waals surface area contributed by atoms with Crippen molar-refractivity contribution < 1.29 is 0 Å². The second-order valence-corrected chi connectivity index (χ2v) is 6.97. The summed E-state index contributed by atoms with van der Waals surface area (Å²) in [6.07, 6.45) is 9.96. The number of anilines is 1. The first kappa shape index (κ1) is 15.3. The van der Waals surface area contributed by atoms with E-state index in [1.165, 1.54) is 12.8 Å². The molecule has 2 aromatic heterocycles. The topological polar surface area (TPSA) is 72.7 Å². The first-order chi connectivity index (χ1) is 11.7. The lowest BCUT2D eigenvalue weighted by Gasteiger charge is -2.30. The molecule has 6 nitrogen and oxygen atoms in total. The Balaban J connectivity index is 1.42. The fraction of sp³-hybridized carbons (Fsp3) is 0.556. The molecule has 0 bridgehead atoms. The van der Waals surface area contributed by atoms with Gasteiger partial charge in [-0.1, -0.05) is 0 Å². The number of rotatable bonds is 4. The van der Waals surface area contributed by atoms with Crippen LogP contribution in [-0.2, 0) is 0 Å². The monoisotopic (exact) mass is 325 g/mol. The van der Waals surface area contributed by atoms with Gasteiger partial charge in [-0.2, -0.15) is 5.10 Å². The zero-order valence-corrected chi connectivity index (χ0v) is 14.0. The molecule has 126 valence electrons. The van der Waals surface area contributed by atoms with E-state index in [2.05, 4.69) is 20.4 Å². The first-order valence-corrected chi connectivity index (χ1v) is 8.84. The van der Waals surface area contributed by atoms with Crippen LogP contribution in [0.2, 0.25) is 0 Å². The predicted molar refractivity (Wildman–Crippen MR) is 92.2 cm³/mol. The Morgan fingerprint density at radius 2 is 1.79 bits per heavy atom. The Labute approximate surface area is 141 Å². The summed E-state index contributed by atoms with van der Waals surface area (Å²) in [4.78, 5) is 21.0. The van der Waals surface area contributed by atoms with Gasteiger partial charge in [0, 0.05) is 30.4 Å². The van der Waals surface area contributed by atoms with Crippen LogP contribution in [0.5, 0.6) is 0 Å². The number of nitrogens with one attached hydrogen (secondary N) is 1. The van der Waals surface area contributed by atoms with Crippen LogP contribution in [0.15, 0.2) is 29.3 Å². The number of aryl methyl sites for hydroxylation is 1. The Kier molecular flexibility index (Phi) is 4.04. The van der Waals surface area contributed by atoms with Gasteiger partial charge in [0.2, 0.25) is 0 Å². The number of hydrogen-bond donors (Lipinski definition) is 1. The zero-order chi connectivity index (χ0) is 16.5. The van der Waals surface area contributed by atoms with Gasteiger partial charge in [-0.15, -0.1) is 0 Å². The van der Waals surface area contributed by atoms with Gasteiger partial charge in [-0.3, -0.25) is 9.78 Å². The summed E-state index contributed by atoms with van der Waals surface area (Å²) >= 11 is 0. The van der Waals surface area contributed by atoms with Gasteiger partial charge < -0.3 is 5.32 Å². The van der Waals surface area contributed by atoms with E-state index in [-0.39, 0.29) is 11.6 Å². The lowest BCUT2D eigenvalue weighted by Crippen LogP contribution is -2.33. The zero-order valence-electron chi connectivity index (χ0n) is 14.0. The second-order valence-electron chi connectivity index (χ2n) is 6.97. The maximum atomic E-state index is 12.0. The highest BCUT2D eigenvalue weighted by atomic mass is 16.1. The van der Waals surface area contributed by atoms with Gasteiger partial charge in [0.1, 0.15) is 5.82 Å². The SMILES string of the molecule is Cc1ccc(=O)n(C2CCC(Nc3nccnc3C3CC3)CC2)n1. The number of hydrogen-bond acceptors (Lipinski definition) is 5. The third kappa shape index (κ3) is 3.18. The van der Waals surface area contributed by atoms with E-state index in [0.717, 1.165) is 42.9 Å². The molecule has 2 aliphatic carbocycles. The molecule has 0 spiro atoms. The van der Waals surface area contributed by atoms with Crippen molar-refractivity contribution in [1.29, 1.82) is 0 Å². The molecule has 6 heteroatoms. The fourth-order valence-electron chi connectivity index (χ4n) is 3.56. The van der Waals surface area contributed by atoms with Crippen LogP contribution < -0.4 is 10.9 Å². The van der Waals surface area contributed by atoms with Crippen molar-refractivity contribution >= 4 is 5.82 Å². The molecule has 4 rings (SSSR count). The van der Waals surface area contributed by atoms with Gasteiger partial charge >= 0.3 is 0 Å². The van der Waals surface area contributed by atoms with Crippen molar-refractivity contribution in [3.05, 3.63) is 46.3 Å². The van der Waals surface area contributed by atoms with E-state index >= 15 is 0 Å². The molecule has 2 aromatic rings. The summed E-state index contributed by atoms with van der Waals surface area (Å²) in [5.74, 6) is 1.54. The molecule has 2 aliphatic rings. The second kappa shape index (κ2) is 6.34. The highest BCUT2D eigenvalue weighted by molar-refractivity contribution is 5.44. The fourth-order valence-corrected chi connectivity index (χ4v) is 3.56. The van der Waals surface area contributed by atoms with Crippen LogP contribution in [0.1, 0.15) is 61.9 Å². The largest absolute Gasteiger partial charge is 0.366 e. The summed E-state index contributed by atoms with van der Waals surface area (Å²) < 4.78 is 1.67. The molecule has 0 amide bonds. The summed E-state index contributed by atoms with van der Waals surface area (Å²) in [5, 5.41) is 8.00. The molecule has 2 heterocycles. The van der Waals surface area contributed by atoms with Crippen LogP contribution in [0, 0.1) is 6.92 Å². The molecular formula is C18H23N5O. The summed E-state index contributed by atoms with van der Waals surface area (Å²) in [6.45, 7) is 1.93. The van der Waals surface area contributed by atoms with Gasteiger partial charge in [0.05, 0.1) is 17.4 Å². The molecule has 1 N–H and O–H groups in total. The Hall–Kier alpha value is -2.24. The van der Waals surface area contributed by atoms with Crippen LogP contribution in [0.3, 0.4) is 0 Å². The molecule has 0 radical (unpaired) electrons. The minimum Gasteiger partial charge on any atom is -0.366 e. The summed E-state index contributed by atoms with van der Waals surface area (Å²) in [5.41, 5.74) is 2.02. The minimum atomic E-state index is 0.00181. The molecule has 0 aliphatic heterocycles. The predicted octanol–water partition coefficient (Wildman–Crippen LogP) is 2.81. The molecule has 24 heavy (non-hydrogen) atoms. The highest BCUT2D eigenvalue weighted by Crippen LogP contribution is 2.42. The normalized spacial score (nSPS) is 23.9. The van der Waals surface area contributed by atoms with Crippen molar-refractivity contribution in [2.75, 3.05) is 5.32 Å².